The highest BCUT2D eigenvalue weighted by molar-refractivity contribution is 7.85. The lowest BCUT2D eigenvalue weighted by molar-refractivity contribution is -0.142. The van der Waals surface area contributed by atoms with Gasteiger partial charge in [0.2, 0.25) is 5.91 Å². The van der Waals surface area contributed by atoms with Gasteiger partial charge in [0.1, 0.15) is 11.8 Å². The van der Waals surface area contributed by atoms with E-state index in [1.807, 2.05) is 6.07 Å². The van der Waals surface area contributed by atoms with Gasteiger partial charge < -0.3 is 20.8 Å². The molecule has 0 spiro atoms. The molecule has 0 bridgehead atoms. The Balaban J connectivity index is 2.10. The van der Waals surface area contributed by atoms with Crippen LogP contribution in [0.25, 0.3) is 0 Å². The molecule has 2 aromatic carbocycles. The van der Waals surface area contributed by atoms with Gasteiger partial charge in [-0.1, -0.05) is 42.5 Å². The second kappa shape index (κ2) is 10.7. The number of carboxylic acid groups (broad SMARTS) is 1. The molecule has 2 rings (SSSR count). The quantitative estimate of drug-likeness (QED) is 0.321. The topological polar surface area (TPSA) is 153 Å². The molecule has 162 valence electrons. The van der Waals surface area contributed by atoms with Crippen LogP contribution in [-0.2, 0) is 32.5 Å². The van der Waals surface area contributed by atoms with Gasteiger partial charge in [-0.3, -0.25) is 9.35 Å². The molecule has 9 nitrogen and oxygen atoms in total. The van der Waals surface area contributed by atoms with Crippen molar-refractivity contribution in [1.29, 1.82) is 0 Å². The molecule has 5 N–H and O–H groups in total. The van der Waals surface area contributed by atoms with Gasteiger partial charge in [-0.25, -0.2) is 4.79 Å². The van der Waals surface area contributed by atoms with Gasteiger partial charge in [-0.05, 0) is 29.7 Å². The lowest BCUT2D eigenvalue weighted by atomic mass is 10.0. The van der Waals surface area contributed by atoms with E-state index < -0.39 is 39.8 Å². The van der Waals surface area contributed by atoms with E-state index in [0.717, 1.165) is 5.56 Å². The van der Waals surface area contributed by atoms with E-state index >= 15 is 0 Å². The van der Waals surface area contributed by atoms with E-state index in [0.29, 0.717) is 5.56 Å². The summed E-state index contributed by atoms with van der Waals surface area (Å²) < 4.78 is 30.8. The van der Waals surface area contributed by atoms with Gasteiger partial charge in [0.25, 0.3) is 10.1 Å². The number of carboxylic acids is 1. The van der Waals surface area contributed by atoms with Crippen molar-refractivity contribution in [1.82, 2.24) is 10.6 Å². The third kappa shape index (κ3) is 8.19. The number of aromatic hydroxyl groups is 1. The summed E-state index contributed by atoms with van der Waals surface area (Å²) in [6.45, 7) is -0.181. The Hall–Kier alpha value is -2.95. The van der Waals surface area contributed by atoms with Gasteiger partial charge in [-0.2, -0.15) is 8.42 Å². The number of hydrogen-bond donors (Lipinski definition) is 5. The Kier molecular flexibility index (Phi) is 8.34. The summed E-state index contributed by atoms with van der Waals surface area (Å²) in [5, 5.41) is 24.1. The van der Waals surface area contributed by atoms with Crippen molar-refractivity contribution in [2.24, 2.45) is 0 Å². The van der Waals surface area contributed by atoms with Crippen LogP contribution in [0.5, 0.6) is 5.75 Å². The molecule has 2 atom stereocenters. The van der Waals surface area contributed by atoms with E-state index in [1.165, 1.54) is 12.1 Å². The predicted molar refractivity (Wildman–Crippen MR) is 110 cm³/mol. The summed E-state index contributed by atoms with van der Waals surface area (Å²) in [7, 11) is -4.21. The molecule has 0 aliphatic heterocycles. The highest BCUT2D eigenvalue weighted by atomic mass is 32.2. The maximum atomic E-state index is 12.8. The van der Waals surface area contributed by atoms with Crippen LogP contribution >= 0.6 is 0 Å². The first-order valence-corrected chi connectivity index (χ1v) is 10.8. The highest BCUT2D eigenvalue weighted by Gasteiger charge is 2.26. The number of phenolic OH excluding ortho intramolecular Hbond substituents is 1. The molecule has 1 amide bonds. The van der Waals surface area contributed by atoms with Crippen LogP contribution in [0.15, 0.2) is 54.6 Å². The number of nitrogens with one attached hydrogen (secondary N) is 2. The number of hydrogen-bond acceptors (Lipinski definition) is 6. The number of carbonyl (C=O) groups is 2. The van der Waals surface area contributed by atoms with E-state index in [2.05, 4.69) is 10.6 Å². The third-order valence-electron chi connectivity index (χ3n) is 4.34. The number of benzene rings is 2. The summed E-state index contributed by atoms with van der Waals surface area (Å²) in [5.41, 5.74) is 1.40. The zero-order chi connectivity index (χ0) is 22.1. The summed E-state index contributed by atoms with van der Waals surface area (Å²) >= 11 is 0. The predicted octanol–water partition coefficient (Wildman–Crippen LogP) is 0.593. The van der Waals surface area contributed by atoms with E-state index in [4.69, 9.17) is 4.55 Å². The normalized spacial score (nSPS) is 13.4. The monoisotopic (exact) mass is 436 g/mol. The van der Waals surface area contributed by atoms with Gasteiger partial charge in [0.15, 0.2) is 0 Å². The molecule has 0 fully saturated rings. The largest absolute Gasteiger partial charge is 0.508 e. The summed E-state index contributed by atoms with van der Waals surface area (Å²) in [6.07, 6.45) is 0.203. The molecule has 0 aliphatic rings. The minimum atomic E-state index is -4.21. The van der Waals surface area contributed by atoms with Crippen molar-refractivity contribution < 1.29 is 32.8 Å². The second-order valence-corrected chi connectivity index (χ2v) is 8.32. The van der Waals surface area contributed by atoms with Crippen molar-refractivity contribution in [2.75, 3.05) is 12.3 Å². The maximum Gasteiger partial charge on any atom is 0.326 e. The number of phenols is 1. The van der Waals surface area contributed by atoms with Gasteiger partial charge in [-0.15, -0.1) is 0 Å². The molecule has 0 saturated heterocycles. The second-order valence-electron chi connectivity index (χ2n) is 6.75. The van der Waals surface area contributed by atoms with Crippen LogP contribution in [0, 0.1) is 0 Å². The van der Waals surface area contributed by atoms with Crippen LogP contribution < -0.4 is 10.6 Å². The van der Waals surface area contributed by atoms with Crippen molar-refractivity contribution in [3.63, 3.8) is 0 Å². The van der Waals surface area contributed by atoms with Crippen LogP contribution in [0.2, 0.25) is 0 Å². The Morgan fingerprint density at radius 3 is 2.03 bits per heavy atom. The summed E-state index contributed by atoms with van der Waals surface area (Å²) in [6, 6.07) is 12.8. The van der Waals surface area contributed by atoms with Crippen molar-refractivity contribution in [2.45, 2.75) is 24.9 Å². The first-order valence-electron chi connectivity index (χ1n) is 9.17. The fourth-order valence-electron chi connectivity index (χ4n) is 2.81. The molecule has 10 heteroatoms. The molecular weight excluding hydrogens is 412 g/mol. The van der Waals surface area contributed by atoms with Gasteiger partial charge >= 0.3 is 5.97 Å². The van der Waals surface area contributed by atoms with Gasteiger partial charge in [0.05, 0.1) is 11.8 Å². The number of rotatable bonds is 11. The fourth-order valence-corrected chi connectivity index (χ4v) is 3.19. The van der Waals surface area contributed by atoms with Crippen molar-refractivity contribution in [3.05, 3.63) is 65.7 Å². The summed E-state index contributed by atoms with van der Waals surface area (Å²) in [4.78, 5) is 24.4. The van der Waals surface area contributed by atoms with Crippen LogP contribution in [-0.4, -0.2) is 59.4 Å². The number of carbonyl (C=O) groups excluding carboxylic acids is 1. The zero-order valence-corrected chi connectivity index (χ0v) is 16.9. The SMILES string of the molecule is O=C(O)[C@@H](Cc1ccc(O)cc1)NC(=O)[C@@H](Cc1ccccc1)NCCS(=O)(=O)O. The van der Waals surface area contributed by atoms with Crippen LogP contribution in [0.4, 0.5) is 0 Å². The van der Waals surface area contributed by atoms with Crippen LogP contribution in [0.1, 0.15) is 11.1 Å². The number of amides is 1. The molecule has 2 aromatic rings. The third-order valence-corrected chi connectivity index (χ3v) is 5.06. The molecule has 0 saturated carbocycles. The molecule has 0 aliphatic carbocycles. The molecule has 0 aromatic heterocycles. The standard InChI is InChI=1S/C20H24N2O7S/c23-16-8-6-15(7-9-16)13-18(20(25)26)22-19(24)17(21-10-11-30(27,28)29)12-14-4-2-1-3-5-14/h1-9,17-18,21,23H,10-13H2,(H,22,24)(H,25,26)(H,27,28,29)/t17-,18-/m1/s1. The molecular formula is C20H24N2O7S. The number of aliphatic carboxylic acids is 1. The van der Waals surface area contributed by atoms with Gasteiger partial charge in [0, 0.05) is 13.0 Å². The first-order chi connectivity index (χ1) is 14.1. The Bertz CT molecular complexity index is 947. The maximum absolute atomic E-state index is 12.8. The smallest absolute Gasteiger partial charge is 0.326 e. The first kappa shape index (κ1) is 23.3. The van der Waals surface area contributed by atoms with E-state index in [-0.39, 0.29) is 25.1 Å². The Morgan fingerprint density at radius 2 is 1.47 bits per heavy atom. The minimum absolute atomic E-state index is 0.00439. The average Bonchev–Trinajstić information content (AvgIpc) is 2.68. The Morgan fingerprint density at radius 1 is 0.900 bits per heavy atom. The average molecular weight is 436 g/mol. The van der Waals surface area contributed by atoms with E-state index in [9.17, 15) is 28.2 Å². The molecule has 30 heavy (non-hydrogen) atoms. The van der Waals surface area contributed by atoms with Crippen molar-refractivity contribution >= 4 is 22.0 Å². The van der Waals surface area contributed by atoms with Crippen LogP contribution in [0.3, 0.4) is 0 Å². The lowest BCUT2D eigenvalue weighted by Gasteiger charge is -2.21. The van der Waals surface area contributed by atoms with Crippen molar-refractivity contribution in [3.8, 4) is 5.75 Å². The zero-order valence-electron chi connectivity index (χ0n) is 16.1. The molecule has 0 heterocycles. The highest BCUT2D eigenvalue weighted by Crippen LogP contribution is 2.12. The lowest BCUT2D eigenvalue weighted by Crippen LogP contribution is -2.52. The Labute approximate surface area is 174 Å². The van der Waals surface area contributed by atoms with E-state index in [1.54, 1.807) is 36.4 Å². The summed E-state index contributed by atoms with van der Waals surface area (Å²) in [5.74, 6) is -2.38. The minimum Gasteiger partial charge on any atom is -0.508 e. The molecule has 0 unspecified atom stereocenters. The molecule has 0 radical (unpaired) electrons. The fraction of sp³-hybridized carbons (Fsp3) is 0.300.